The summed E-state index contributed by atoms with van der Waals surface area (Å²) in [7, 11) is 0. The van der Waals surface area contributed by atoms with E-state index in [1.807, 2.05) is 24.4 Å². The summed E-state index contributed by atoms with van der Waals surface area (Å²) in [6, 6.07) is 5.83. The first-order valence-electron chi connectivity index (χ1n) is 8.54. The zero-order valence-corrected chi connectivity index (χ0v) is 14.5. The first-order valence-corrected chi connectivity index (χ1v) is 9.35. The molecule has 1 saturated heterocycles. The van der Waals surface area contributed by atoms with E-state index in [9.17, 15) is 0 Å². The van der Waals surface area contributed by atoms with Crippen LogP contribution in [0.25, 0.3) is 5.82 Å². The molecule has 0 aromatic carbocycles. The van der Waals surface area contributed by atoms with E-state index >= 15 is 0 Å². The third kappa shape index (κ3) is 2.95. The van der Waals surface area contributed by atoms with Crippen LogP contribution in [0.15, 0.2) is 30.6 Å². The van der Waals surface area contributed by atoms with Crippen LogP contribution >= 0.6 is 11.3 Å². The third-order valence-corrected chi connectivity index (χ3v) is 5.75. The maximum atomic E-state index is 4.38. The van der Waals surface area contributed by atoms with E-state index in [0.29, 0.717) is 5.92 Å². The minimum Gasteiger partial charge on any atom is -0.352 e. The summed E-state index contributed by atoms with van der Waals surface area (Å²) in [4.78, 5) is 4.59. The van der Waals surface area contributed by atoms with Gasteiger partial charge in [-0.15, -0.1) is 20.4 Å². The van der Waals surface area contributed by atoms with Gasteiger partial charge >= 0.3 is 0 Å². The molecular formula is C16H18N8S. The molecule has 4 heterocycles. The molecule has 0 unspecified atom stereocenters. The van der Waals surface area contributed by atoms with Crippen LogP contribution in [0, 0.1) is 0 Å². The van der Waals surface area contributed by atoms with Crippen LogP contribution in [0.4, 0.5) is 10.9 Å². The lowest BCUT2D eigenvalue weighted by molar-refractivity contribution is 0.638. The molecule has 0 amide bonds. The SMILES string of the molecule is c1cnn(-c2ccc(N3CCN(c4nnc(C5CC5)s4)CC3)nn2)c1. The lowest BCUT2D eigenvalue weighted by atomic mass is 10.3. The summed E-state index contributed by atoms with van der Waals surface area (Å²) in [5, 5.41) is 23.8. The summed E-state index contributed by atoms with van der Waals surface area (Å²) in [5.74, 6) is 2.32. The predicted molar refractivity (Wildman–Crippen MR) is 95.5 cm³/mol. The van der Waals surface area contributed by atoms with Crippen molar-refractivity contribution in [3.05, 3.63) is 35.6 Å². The zero-order valence-electron chi connectivity index (χ0n) is 13.7. The molecule has 8 nitrogen and oxygen atoms in total. The Morgan fingerprint density at radius 2 is 1.64 bits per heavy atom. The fraction of sp³-hybridized carbons (Fsp3) is 0.438. The highest BCUT2D eigenvalue weighted by atomic mass is 32.1. The summed E-state index contributed by atoms with van der Waals surface area (Å²) in [6.45, 7) is 3.69. The maximum Gasteiger partial charge on any atom is 0.208 e. The molecule has 3 aromatic heterocycles. The van der Waals surface area contributed by atoms with E-state index in [2.05, 4.69) is 35.3 Å². The minimum absolute atomic E-state index is 0.677. The Bertz CT molecular complexity index is 831. The van der Waals surface area contributed by atoms with Crippen molar-refractivity contribution in [2.75, 3.05) is 36.0 Å². The molecule has 1 saturated carbocycles. The summed E-state index contributed by atoms with van der Waals surface area (Å²) < 4.78 is 1.71. The second-order valence-electron chi connectivity index (χ2n) is 6.37. The Hall–Kier alpha value is -2.55. The molecule has 25 heavy (non-hydrogen) atoms. The molecular weight excluding hydrogens is 336 g/mol. The monoisotopic (exact) mass is 354 g/mol. The number of rotatable bonds is 4. The van der Waals surface area contributed by atoms with Gasteiger partial charge in [-0.05, 0) is 31.0 Å². The first-order chi connectivity index (χ1) is 12.4. The van der Waals surface area contributed by atoms with E-state index in [0.717, 1.165) is 42.9 Å². The highest BCUT2D eigenvalue weighted by molar-refractivity contribution is 7.15. The average Bonchev–Trinajstić information content (AvgIpc) is 3.17. The van der Waals surface area contributed by atoms with Gasteiger partial charge in [0.15, 0.2) is 11.6 Å². The van der Waals surface area contributed by atoms with Crippen LogP contribution in [0.5, 0.6) is 0 Å². The van der Waals surface area contributed by atoms with Crippen molar-refractivity contribution in [1.29, 1.82) is 0 Å². The highest BCUT2D eigenvalue weighted by Gasteiger charge is 2.29. The van der Waals surface area contributed by atoms with Crippen molar-refractivity contribution >= 4 is 22.3 Å². The number of anilines is 2. The Morgan fingerprint density at radius 3 is 2.32 bits per heavy atom. The number of piperazine rings is 1. The predicted octanol–water partition coefficient (Wildman–Crippen LogP) is 1.72. The second-order valence-corrected chi connectivity index (χ2v) is 7.36. The van der Waals surface area contributed by atoms with Gasteiger partial charge in [-0.3, -0.25) is 0 Å². The number of hydrogen-bond acceptors (Lipinski definition) is 8. The van der Waals surface area contributed by atoms with Gasteiger partial charge in [-0.1, -0.05) is 11.3 Å². The molecule has 0 N–H and O–H groups in total. The van der Waals surface area contributed by atoms with E-state index in [-0.39, 0.29) is 0 Å². The van der Waals surface area contributed by atoms with E-state index in [1.165, 1.54) is 17.8 Å². The molecule has 0 atom stereocenters. The standard InChI is InChI=1S/C16H18N8S/c1-6-17-24(7-1)14-5-4-13(18-19-14)22-8-10-23(11-9-22)16-21-20-15(25-16)12-2-3-12/h1,4-7,12H,2-3,8-11H2. The molecule has 1 aliphatic carbocycles. The van der Waals surface area contributed by atoms with E-state index in [4.69, 9.17) is 0 Å². The van der Waals surface area contributed by atoms with Gasteiger partial charge in [-0.25, -0.2) is 4.68 Å². The maximum absolute atomic E-state index is 4.38. The highest BCUT2D eigenvalue weighted by Crippen LogP contribution is 2.42. The van der Waals surface area contributed by atoms with Crippen molar-refractivity contribution < 1.29 is 0 Å². The van der Waals surface area contributed by atoms with Crippen LogP contribution in [0.3, 0.4) is 0 Å². The third-order valence-electron chi connectivity index (χ3n) is 4.61. The first kappa shape index (κ1) is 14.8. The summed E-state index contributed by atoms with van der Waals surface area (Å²) in [5.41, 5.74) is 0. The average molecular weight is 354 g/mol. The van der Waals surface area contributed by atoms with Gasteiger partial charge in [0.25, 0.3) is 0 Å². The van der Waals surface area contributed by atoms with Gasteiger partial charge in [0.2, 0.25) is 5.13 Å². The molecule has 2 fully saturated rings. The fourth-order valence-corrected chi connectivity index (χ4v) is 4.05. The van der Waals surface area contributed by atoms with E-state index < -0.39 is 0 Å². The minimum atomic E-state index is 0.677. The second kappa shape index (κ2) is 6.07. The number of nitrogens with zero attached hydrogens (tertiary/aromatic N) is 8. The Labute approximate surface area is 149 Å². The van der Waals surface area contributed by atoms with Crippen LogP contribution in [-0.4, -0.2) is 56.4 Å². The molecule has 1 aliphatic heterocycles. The van der Waals surface area contributed by atoms with Crippen LogP contribution in [0.1, 0.15) is 23.8 Å². The molecule has 0 radical (unpaired) electrons. The summed E-state index contributed by atoms with van der Waals surface area (Å²) >= 11 is 1.75. The molecule has 5 rings (SSSR count). The van der Waals surface area contributed by atoms with Crippen molar-refractivity contribution in [1.82, 2.24) is 30.2 Å². The molecule has 0 bridgehead atoms. The van der Waals surface area contributed by atoms with Crippen LogP contribution in [-0.2, 0) is 0 Å². The van der Waals surface area contributed by atoms with Gasteiger partial charge in [0.1, 0.15) is 5.01 Å². The van der Waals surface area contributed by atoms with Crippen molar-refractivity contribution in [2.45, 2.75) is 18.8 Å². The quantitative estimate of drug-likeness (QED) is 0.706. The van der Waals surface area contributed by atoms with Gasteiger partial charge in [0.05, 0.1) is 0 Å². The number of hydrogen-bond donors (Lipinski definition) is 0. The van der Waals surface area contributed by atoms with Crippen LogP contribution in [0.2, 0.25) is 0 Å². The molecule has 128 valence electrons. The Morgan fingerprint density at radius 1 is 0.880 bits per heavy atom. The summed E-state index contributed by atoms with van der Waals surface area (Å²) in [6.07, 6.45) is 6.14. The lowest BCUT2D eigenvalue weighted by Gasteiger charge is -2.34. The molecule has 0 spiro atoms. The lowest BCUT2D eigenvalue weighted by Crippen LogP contribution is -2.46. The number of aromatic nitrogens is 6. The van der Waals surface area contributed by atoms with Gasteiger partial charge < -0.3 is 9.80 Å². The van der Waals surface area contributed by atoms with Crippen molar-refractivity contribution in [2.24, 2.45) is 0 Å². The molecule has 9 heteroatoms. The Kier molecular flexibility index (Phi) is 3.58. The zero-order chi connectivity index (χ0) is 16.6. The largest absolute Gasteiger partial charge is 0.352 e. The Balaban J connectivity index is 1.23. The van der Waals surface area contributed by atoms with Gasteiger partial charge in [0, 0.05) is 44.5 Å². The van der Waals surface area contributed by atoms with Crippen molar-refractivity contribution in [3.63, 3.8) is 0 Å². The normalized spacial score (nSPS) is 17.9. The molecule has 3 aromatic rings. The smallest absolute Gasteiger partial charge is 0.208 e. The van der Waals surface area contributed by atoms with Crippen LogP contribution < -0.4 is 9.80 Å². The van der Waals surface area contributed by atoms with E-state index in [1.54, 1.807) is 22.2 Å². The van der Waals surface area contributed by atoms with Gasteiger partial charge in [-0.2, -0.15) is 5.10 Å². The fourth-order valence-electron chi connectivity index (χ4n) is 2.99. The topological polar surface area (TPSA) is 75.9 Å². The molecule has 2 aliphatic rings. The van der Waals surface area contributed by atoms with Crippen molar-refractivity contribution in [3.8, 4) is 5.82 Å².